The Hall–Kier alpha value is -2.31. The highest BCUT2D eigenvalue weighted by Gasteiger charge is 2.47. The Kier molecular flexibility index (Phi) is 4.59. The fraction of sp³-hybridized carbons (Fsp3) is 0.471. The first kappa shape index (κ1) is 16.5. The Morgan fingerprint density at radius 2 is 1.75 bits per heavy atom. The number of halogens is 2. The van der Waals surface area contributed by atoms with Gasteiger partial charge in [-0.05, 0) is 25.0 Å². The minimum absolute atomic E-state index is 0.0343. The fourth-order valence-electron chi connectivity index (χ4n) is 3.47. The molecule has 24 heavy (non-hydrogen) atoms. The summed E-state index contributed by atoms with van der Waals surface area (Å²) in [7, 11) is 0. The molecule has 2 fully saturated rings. The van der Waals surface area contributed by atoms with E-state index in [0.717, 1.165) is 35.9 Å². The third kappa shape index (κ3) is 3.16. The van der Waals surface area contributed by atoms with Crippen LogP contribution in [0.4, 0.5) is 14.5 Å². The van der Waals surface area contributed by atoms with Crippen LogP contribution in [0.25, 0.3) is 0 Å². The van der Waals surface area contributed by atoms with E-state index in [4.69, 9.17) is 0 Å². The van der Waals surface area contributed by atoms with E-state index in [1.165, 1.54) is 0 Å². The molecule has 1 aliphatic carbocycles. The van der Waals surface area contributed by atoms with Crippen molar-refractivity contribution in [2.24, 2.45) is 11.8 Å². The summed E-state index contributed by atoms with van der Waals surface area (Å²) in [6, 6.07) is 2.76. The second-order valence-corrected chi connectivity index (χ2v) is 6.25. The summed E-state index contributed by atoms with van der Waals surface area (Å²) in [4.78, 5) is 37.6. The van der Waals surface area contributed by atoms with Gasteiger partial charge in [0.05, 0.1) is 17.5 Å². The summed E-state index contributed by atoms with van der Waals surface area (Å²) >= 11 is 0. The van der Waals surface area contributed by atoms with Crippen molar-refractivity contribution in [1.82, 2.24) is 4.90 Å². The lowest BCUT2D eigenvalue weighted by Gasteiger charge is -2.19. The van der Waals surface area contributed by atoms with Crippen molar-refractivity contribution in [3.8, 4) is 0 Å². The molecule has 1 aliphatic heterocycles. The molecule has 1 aromatic carbocycles. The molecule has 3 amide bonds. The number of hydrogen-bond donors (Lipinski definition) is 1. The lowest BCUT2D eigenvalue weighted by molar-refractivity contribution is -0.140. The molecule has 1 saturated carbocycles. The van der Waals surface area contributed by atoms with E-state index in [1.54, 1.807) is 0 Å². The second-order valence-electron chi connectivity index (χ2n) is 6.25. The lowest BCUT2D eigenvalue weighted by Crippen LogP contribution is -2.34. The number of carbonyl (C=O) groups is 3. The maximum Gasteiger partial charge on any atom is 0.233 e. The van der Waals surface area contributed by atoms with Crippen LogP contribution in [-0.4, -0.2) is 29.2 Å². The zero-order valence-electron chi connectivity index (χ0n) is 13.1. The minimum Gasteiger partial charge on any atom is -0.323 e. The number of carbonyl (C=O) groups excluding carboxylic acids is 3. The van der Waals surface area contributed by atoms with E-state index in [-0.39, 0.29) is 42.3 Å². The Labute approximate surface area is 138 Å². The molecule has 0 spiro atoms. The molecule has 0 aromatic heterocycles. The number of nitrogens with zero attached hydrogens (tertiary/aromatic N) is 1. The third-order valence-electron chi connectivity index (χ3n) is 4.70. The van der Waals surface area contributed by atoms with Crippen LogP contribution in [0.5, 0.6) is 0 Å². The summed E-state index contributed by atoms with van der Waals surface area (Å²) in [6.45, 7) is -0.0343. The quantitative estimate of drug-likeness (QED) is 0.859. The molecule has 1 saturated heterocycles. The fourth-order valence-corrected chi connectivity index (χ4v) is 3.47. The SMILES string of the molecule is O=C(CCN1C(=O)[C@@H]2CCCC[C@H]2C1=O)Nc1cc(F)ccc1F. The highest BCUT2D eigenvalue weighted by molar-refractivity contribution is 6.05. The first-order valence-corrected chi connectivity index (χ1v) is 8.07. The number of anilines is 1. The summed E-state index contributed by atoms with van der Waals surface area (Å²) in [5.74, 6) is -2.92. The van der Waals surface area contributed by atoms with Crippen LogP contribution in [0.2, 0.25) is 0 Å². The topological polar surface area (TPSA) is 66.5 Å². The number of benzene rings is 1. The van der Waals surface area contributed by atoms with Crippen molar-refractivity contribution >= 4 is 23.4 Å². The average molecular weight is 336 g/mol. The van der Waals surface area contributed by atoms with Crippen LogP contribution in [0, 0.1) is 23.5 Å². The van der Waals surface area contributed by atoms with Crippen molar-refractivity contribution in [3.05, 3.63) is 29.8 Å². The summed E-state index contributed by atoms with van der Waals surface area (Å²) < 4.78 is 26.6. The van der Waals surface area contributed by atoms with Crippen LogP contribution in [0.1, 0.15) is 32.1 Å². The Balaban J connectivity index is 1.59. The number of hydrogen-bond acceptors (Lipinski definition) is 3. The highest BCUT2D eigenvalue weighted by Crippen LogP contribution is 2.37. The molecular weight excluding hydrogens is 318 g/mol. The summed E-state index contributed by atoms with van der Waals surface area (Å²) in [5.41, 5.74) is -0.257. The zero-order chi connectivity index (χ0) is 17.3. The highest BCUT2D eigenvalue weighted by atomic mass is 19.1. The van der Waals surface area contributed by atoms with E-state index in [9.17, 15) is 23.2 Å². The van der Waals surface area contributed by atoms with Gasteiger partial charge in [0.1, 0.15) is 11.6 Å². The molecule has 0 bridgehead atoms. The van der Waals surface area contributed by atoms with Gasteiger partial charge < -0.3 is 5.32 Å². The first-order valence-electron chi connectivity index (χ1n) is 8.07. The molecule has 0 unspecified atom stereocenters. The Morgan fingerprint density at radius 3 is 2.38 bits per heavy atom. The van der Waals surface area contributed by atoms with Crippen LogP contribution in [0.15, 0.2) is 18.2 Å². The molecular formula is C17H18F2N2O3. The Morgan fingerprint density at radius 1 is 1.12 bits per heavy atom. The second kappa shape index (κ2) is 6.67. The minimum atomic E-state index is -0.746. The molecule has 5 nitrogen and oxygen atoms in total. The maximum atomic E-state index is 13.5. The number of amides is 3. The Bertz CT molecular complexity index is 668. The van der Waals surface area contributed by atoms with Crippen LogP contribution in [0.3, 0.4) is 0 Å². The largest absolute Gasteiger partial charge is 0.323 e. The monoisotopic (exact) mass is 336 g/mol. The van der Waals surface area contributed by atoms with Crippen molar-refractivity contribution in [2.75, 3.05) is 11.9 Å². The molecule has 2 aliphatic rings. The number of imide groups is 1. The summed E-state index contributed by atoms with van der Waals surface area (Å²) in [5, 5.41) is 2.26. The number of nitrogens with one attached hydrogen (secondary N) is 1. The smallest absolute Gasteiger partial charge is 0.233 e. The molecule has 1 heterocycles. The van der Waals surface area contributed by atoms with E-state index in [1.807, 2.05) is 0 Å². The molecule has 1 aromatic rings. The van der Waals surface area contributed by atoms with Gasteiger partial charge in [-0.25, -0.2) is 8.78 Å². The predicted octanol–water partition coefficient (Wildman–Crippen LogP) is 2.47. The third-order valence-corrected chi connectivity index (χ3v) is 4.70. The van der Waals surface area contributed by atoms with Crippen molar-refractivity contribution < 1.29 is 23.2 Å². The van der Waals surface area contributed by atoms with Crippen LogP contribution < -0.4 is 5.32 Å². The number of fused-ring (bicyclic) bond motifs is 1. The molecule has 3 rings (SSSR count). The molecule has 0 radical (unpaired) electrons. The van der Waals surface area contributed by atoms with Crippen molar-refractivity contribution in [3.63, 3.8) is 0 Å². The lowest BCUT2D eigenvalue weighted by atomic mass is 9.81. The van der Waals surface area contributed by atoms with Gasteiger partial charge in [0.25, 0.3) is 0 Å². The number of rotatable bonds is 4. The van der Waals surface area contributed by atoms with Gasteiger partial charge in [-0.1, -0.05) is 12.8 Å². The van der Waals surface area contributed by atoms with Crippen molar-refractivity contribution in [1.29, 1.82) is 0 Å². The van der Waals surface area contributed by atoms with Gasteiger partial charge in [-0.3, -0.25) is 19.3 Å². The van der Waals surface area contributed by atoms with E-state index < -0.39 is 17.5 Å². The van der Waals surface area contributed by atoms with Gasteiger partial charge in [0, 0.05) is 19.0 Å². The molecule has 1 N–H and O–H groups in total. The molecule has 7 heteroatoms. The first-order chi connectivity index (χ1) is 11.5. The van der Waals surface area contributed by atoms with Gasteiger partial charge >= 0.3 is 0 Å². The number of likely N-dealkylation sites (tertiary alicyclic amines) is 1. The summed E-state index contributed by atoms with van der Waals surface area (Å²) in [6.07, 6.45) is 3.16. The maximum absolute atomic E-state index is 13.5. The van der Waals surface area contributed by atoms with E-state index in [0.29, 0.717) is 12.8 Å². The van der Waals surface area contributed by atoms with Gasteiger partial charge in [-0.2, -0.15) is 0 Å². The van der Waals surface area contributed by atoms with Gasteiger partial charge in [-0.15, -0.1) is 0 Å². The van der Waals surface area contributed by atoms with Crippen molar-refractivity contribution in [2.45, 2.75) is 32.1 Å². The van der Waals surface area contributed by atoms with Crippen LogP contribution >= 0.6 is 0 Å². The zero-order valence-corrected chi connectivity index (χ0v) is 13.1. The van der Waals surface area contributed by atoms with Gasteiger partial charge in [0.15, 0.2) is 0 Å². The predicted molar refractivity (Wildman–Crippen MR) is 81.8 cm³/mol. The molecule has 128 valence electrons. The van der Waals surface area contributed by atoms with Crippen LogP contribution in [-0.2, 0) is 14.4 Å². The van der Waals surface area contributed by atoms with E-state index >= 15 is 0 Å². The van der Waals surface area contributed by atoms with Gasteiger partial charge in [0.2, 0.25) is 17.7 Å². The standard InChI is InChI=1S/C17H18F2N2O3/c18-10-5-6-13(19)14(9-10)20-15(22)7-8-21-16(23)11-3-1-2-4-12(11)17(21)24/h5-6,9,11-12H,1-4,7-8H2,(H,20,22)/t11-,12-/m1/s1. The normalized spacial score (nSPS) is 23.3. The average Bonchev–Trinajstić information content (AvgIpc) is 2.81. The molecule has 2 atom stereocenters. The van der Waals surface area contributed by atoms with E-state index in [2.05, 4.69) is 5.32 Å².